The van der Waals surface area contributed by atoms with E-state index in [1.54, 1.807) is 0 Å². The second kappa shape index (κ2) is 20.9. The van der Waals surface area contributed by atoms with Gasteiger partial charge in [-0.3, -0.25) is 23.2 Å². The summed E-state index contributed by atoms with van der Waals surface area (Å²) in [5.41, 5.74) is 3.54. The van der Waals surface area contributed by atoms with Crippen molar-refractivity contribution in [3.05, 3.63) is 144 Å². The van der Waals surface area contributed by atoms with E-state index in [9.17, 15) is 18.9 Å². The third kappa shape index (κ3) is 14.7. The van der Waals surface area contributed by atoms with Gasteiger partial charge in [0, 0.05) is 0 Å². The number of Topliss-reactive ketones (excluding diaryl/α,β-unsaturated/α-hetero) is 1. The highest BCUT2D eigenvalue weighted by atomic mass is 31.2. The maximum atomic E-state index is 13.8. The molecule has 270 valence electrons. The topological polar surface area (TPSA) is 129 Å². The first-order valence-electron chi connectivity index (χ1n) is 17.1. The van der Waals surface area contributed by atoms with Crippen LogP contribution in [0.3, 0.4) is 0 Å². The lowest BCUT2D eigenvalue weighted by atomic mass is 10.00. The van der Waals surface area contributed by atoms with Crippen molar-refractivity contribution in [2.45, 2.75) is 58.2 Å². The minimum atomic E-state index is -4.20. The van der Waals surface area contributed by atoms with Crippen molar-refractivity contribution in [2.75, 3.05) is 19.8 Å². The monoisotopic (exact) mass is 714 g/mol. The summed E-state index contributed by atoms with van der Waals surface area (Å²) in [5, 5.41) is 5.46. The van der Waals surface area contributed by atoms with Crippen LogP contribution < -0.4 is 10.6 Å². The summed E-state index contributed by atoms with van der Waals surface area (Å²) in [6.45, 7) is 3.31. The van der Waals surface area contributed by atoms with Gasteiger partial charge in [0.15, 0.2) is 5.78 Å². The number of ketones is 1. The number of alkyl carbamates (subject to hydrolysis) is 1. The molecule has 0 bridgehead atoms. The fourth-order valence-corrected chi connectivity index (χ4v) is 6.31. The molecule has 2 atom stereocenters. The molecule has 51 heavy (non-hydrogen) atoms. The van der Waals surface area contributed by atoms with Crippen LogP contribution in [0.5, 0.6) is 0 Å². The Morgan fingerprint density at radius 1 is 0.608 bits per heavy atom. The Morgan fingerprint density at radius 3 is 1.57 bits per heavy atom. The molecule has 0 radical (unpaired) electrons. The Kier molecular flexibility index (Phi) is 16.1. The van der Waals surface area contributed by atoms with Crippen LogP contribution in [-0.2, 0) is 58.3 Å². The van der Waals surface area contributed by atoms with Crippen LogP contribution in [0.2, 0.25) is 0 Å². The molecule has 0 spiro atoms. The highest BCUT2D eigenvalue weighted by Crippen LogP contribution is 2.49. The van der Waals surface area contributed by atoms with Crippen LogP contribution in [0.1, 0.15) is 42.5 Å². The van der Waals surface area contributed by atoms with E-state index in [0.29, 0.717) is 19.3 Å². The Bertz CT molecular complexity index is 1620. The van der Waals surface area contributed by atoms with Gasteiger partial charge in [0.05, 0.1) is 19.3 Å². The number of carbonyl (C=O) groups excluding carboxylic acids is 3. The summed E-state index contributed by atoms with van der Waals surface area (Å²) < 4.78 is 36.2. The van der Waals surface area contributed by atoms with E-state index >= 15 is 0 Å². The molecular weight excluding hydrogens is 667 g/mol. The van der Waals surface area contributed by atoms with Crippen molar-refractivity contribution in [1.82, 2.24) is 10.6 Å². The van der Waals surface area contributed by atoms with Crippen molar-refractivity contribution in [3.63, 3.8) is 0 Å². The number of rotatable bonds is 21. The van der Waals surface area contributed by atoms with E-state index in [-0.39, 0.29) is 32.2 Å². The maximum absolute atomic E-state index is 13.8. The standard InChI is InChI=1S/C40H47N2O8P/c1-31(2)27-37(42-40(45)47-29-35-21-13-6-14-22-35)39(44)41-36(28-34-19-11-5-12-20-34)38(43)30-50-51(46,48-25-23-32-15-7-3-8-16-32)49-26-24-33-17-9-4-10-18-33/h3-22,31,36-37H,23-30H2,1-2H3,(H,41,44)(H,42,45)/t36-,37-/m0/s1. The number of nitrogens with one attached hydrogen (secondary N) is 2. The van der Waals surface area contributed by atoms with Gasteiger partial charge in [0.1, 0.15) is 19.3 Å². The first-order valence-corrected chi connectivity index (χ1v) is 18.6. The normalized spacial score (nSPS) is 12.5. The molecule has 2 N–H and O–H groups in total. The summed E-state index contributed by atoms with van der Waals surface area (Å²) in [5.74, 6) is -1.06. The number of benzene rings is 4. The van der Waals surface area contributed by atoms with Crippen molar-refractivity contribution in [1.29, 1.82) is 0 Å². The molecule has 0 saturated carbocycles. The van der Waals surface area contributed by atoms with Gasteiger partial charge in [-0.25, -0.2) is 9.36 Å². The van der Waals surface area contributed by atoms with Gasteiger partial charge < -0.3 is 15.4 Å². The first kappa shape index (κ1) is 39.2. The van der Waals surface area contributed by atoms with E-state index in [1.807, 2.05) is 135 Å². The predicted octanol–water partition coefficient (Wildman–Crippen LogP) is 7.27. The number of ether oxygens (including phenoxy) is 1. The van der Waals surface area contributed by atoms with Gasteiger partial charge in [-0.2, -0.15) is 0 Å². The fraction of sp³-hybridized carbons (Fsp3) is 0.325. The molecule has 4 aromatic carbocycles. The molecule has 11 heteroatoms. The average molecular weight is 715 g/mol. The minimum absolute atomic E-state index is 0.0356. The second-order valence-electron chi connectivity index (χ2n) is 12.5. The highest BCUT2D eigenvalue weighted by molar-refractivity contribution is 7.48. The van der Waals surface area contributed by atoms with Gasteiger partial charge in [0.2, 0.25) is 5.91 Å². The van der Waals surface area contributed by atoms with Crippen LogP contribution in [0.4, 0.5) is 4.79 Å². The average Bonchev–Trinajstić information content (AvgIpc) is 3.14. The summed E-state index contributed by atoms with van der Waals surface area (Å²) in [4.78, 5) is 40.2. The smallest absolute Gasteiger partial charge is 0.445 e. The summed E-state index contributed by atoms with van der Waals surface area (Å²) in [7, 11) is -4.20. The Hall–Kier alpha value is -4.60. The SMILES string of the molecule is CC(C)C[C@H](NC(=O)OCc1ccccc1)C(=O)N[C@@H](Cc1ccccc1)C(=O)COP(=O)(OCCc1ccccc1)OCCc1ccccc1. The van der Waals surface area contributed by atoms with Gasteiger partial charge in [-0.15, -0.1) is 0 Å². The Balaban J connectivity index is 1.43. The molecule has 0 fully saturated rings. The molecule has 10 nitrogen and oxygen atoms in total. The zero-order chi connectivity index (χ0) is 36.3. The molecule has 0 aliphatic rings. The second-order valence-corrected chi connectivity index (χ2v) is 14.1. The van der Waals surface area contributed by atoms with Gasteiger partial charge >= 0.3 is 13.9 Å². The number of hydrogen-bond donors (Lipinski definition) is 2. The molecule has 4 aromatic rings. The minimum Gasteiger partial charge on any atom is -0.445 e. The lowest BCUT2D eigenvalue weighted by Crippen LogP contribution is -2.53. The van der Waals surface area contributed by atoms with Crippen molar-refractivity contribution >= 4 is 25.6 Å². The summed E-state index contributed by atoms with van der Waals surface area (Å²) in [6, 6.07) is 35.4. The number of hydrogen-bond acceptors (Lipinski definition) is 8. The van der Waals surface area contributed by atoms with Crippen molar-refractivity contribution in [2.24, 2.45) is 5.92 Å². The van der Waals surface area contributed by atoms with E-state index in [0.717, 1.165) is 22.3 Å². The molecule has 0 aliphatic carbocycles. The molecule has 0 unspecified atom stereocenters. The van der Waals surface area contributed by atoms with Crippen molar-refractivity contribution in [3.8, 4) is 0 Å². The predicted molar refractivity (Wildman–Crippen MR) is 196 cm³/mol. The summed E-state index contributed by atoms with van der Waals surface area (Å²) >= 11 is 0. The molecule has 0 heterocycles. The third-order valence-electron chi connectivity index (χ3n) is 7.85. The Labute approximate surface area is 300 Å². The van der Waals surface area contributed by atoms with Gasteiger partial charge in [0.25, 0.3) is 0 Å². The quantitative estimate of drug-likeness (QED) is 0.0863. The molecular formula is C40H47N2O8P. The van der Waals surface area contributed by atoms with E-state index in [2.05, 4.69) is 10.6 Å². The zero-order valence-electron chi connectivity index (χ0n) is 29.1. The number of carbonyl (C=O) groups is 3. The molecule has 0 saturated heterocycles. The molecule has 4 rings (SSSR count). The van der Waals surface area contributed by atoms with E-state index < -0.39 is 44.3 Å². The van der Waals surface area contributed by atoms with Crippen molar-refractivity contribution < 1.29 is 37.3 Å². The van der Waals surface area contributed by atoms with Gasteiger partial charge in [-0.05, 0) is 53.9 Å². The van der Waals surface area contributed by atoms with Crippen LogP contribution in [0, 0.1) is 5.92 Å². The zero-order valence-corrected chi connectivity index (χ0v) is 30.0. The van der Waals surface area contributed by atoms with Crippen LogP contribution >= 0.6 is 7.82 Å². The van der Waals surface area contributed by atoms with E-state index in [1.165, 1.54) is 0 Å². The largest absolute Gasteiger partial charge is 0.475 e. The third-order valence-corrected chi connectivity index (χ3v) is 9.29. The van der Waals surface area contributed by atoms with Crippen LogP contribution in [0.15, 0.2) is 121 Å². The Morgan fingerprint density at radius 2 is 1.08 bits per heavy atom. The number of amides is 2. The fourth-order valence-electron chi connectivity index (χ4n) is 5.17. The lowest BCUT2D eigenvalue weighted by molar-refractivity contribution is -0.130. The highest BCUT2D eigenvalue weighted by Gasteiger charge is 2.32. The maximum Gasteiger partial charge on any atom is 0.475 e. The van der Waals surface area contributed by atoms with Crippen LogP contribution in [0.25, 0.3) is 0 Å². The molecule has 0 aliphatic heterocycles. The lowest BCUT2D eigenvalue weighted by Gasteiger charge is -2.24. The van der Waals surface area contributed by atoms with Gasteiger partial charge in [-0.1, -0.05) is 135 Å². The van der Waals surface area contributed by atoms with E-state index in [4.69, 9.17) is 18.3 Å². The number of phosphoric ester groups is 1. The first-order chi connectivity index (χ1) is 24.7. The molecule has 0 aromatic heterocycles. The summed E-state index contributed by atoms with van der Waals surface area (Å²) in [6.07, 6.45) is 0.587. The molecule has 2 amide bonds. The van der Waals surface area contributed by atoms with Crippen LogP contribution in [-0.4, -0.2) is 49.7 Å². The number of phosphoric acid groups is 1.